The van der Waals surface area contributed by atoms with Crippen LogP contribution in [0.25, 0.3) is 0 Å². The first kappa shape index (κ1) is 18.7. The van der Waals surface area contributed by atoms with Gasteiger partial charge in [0.2, 0.25) is 11.8 Å². The van der Waals surface area contributed by atoms with Crippen molar-refractivity contribution in [3.8, 4) is 0 Å². The van der Waals surface area contributed by atoms with Gasteiger partial charge in [-0.15, -0.1) is 0 Å². The standard InChI is InChI=1S/C21H26N2O2/c1-15-9-8-10-16(2)21(15)23(18(4)24)14-13-20(25)22-17(3)19-11-6-5-7-12-19/h5-12,17H,13-14H2,1-4H3,(H,22,25). The van der Waals surface area contributed by atoms with Crippen molar-refractivity contribution in [2.45, 2.75) is 40.2 Å². The predicted molar refractivity (Wildman–Crippen MR) is 102 cm³/mol. The van der Waals surface area contributed by atoms with Crippen molar-refractivity contribution >= 4 is 17.5 Å². The molecule has 2 amide bonds. The van der Waals surface area contributed by atoms with Crippen molar-refractivity contribution in [2.24, 2.45) is 0 Å². The van der Waals surface area contributed by atoms with Crippen molar-refractivity contribution in [3.05, 3.63) is 65.2 Å². The highest BCUT2D eigenvalue weighted by molar-refractivity contribution is 5.94. The lowest BCUT2D eigenvalue weighted by molar-refractivity contribution is -0.121. The Morgan fingerprint density at radius 2 is 1.60 bits per heavy atom. The summed E-state index contributed by atoms with van der Waals surface area (Å²) in [6, 6.07) is 15.7. The van der Waals surface area contributed by atoms with Crippen LogP contribution in [0.4, 0.5) is 5.69 Å². The molecule has 0 aliphatic carbocycles. The molecule has 0 aliphatic rings. The third-order valence-corrected chi connectivity index (χ3v) is 4.33. The molecule has 4 nitrogen and oxygen atoms in total. The van der Waals surface area contributed by atoms with Crippen LogP contribution in [0.1, 0.15) is 43.0 Å². The molecule has 0 radical (unpaired) electrons. The third kappa shape index (κ3) is 4.92. The van der Waals surface area contributed by atoms with Gasteiger partial charge >= 0.3 is 0 Å². The number of anilines is 1. The van der Waals surface area contributed by atoms with Gasteiger partial charge in [0, 0.05) is 25.6 Å². The van der Waals surface area contributed by atoms with Crippen molar-refractivity contribution in [2.75, 3.05) is 11.4 Å². The largest absolute Gasteiger partial charge is 0.350 e. The Bertz CT molecular complexity index is 721. The van der Waals surface area contributed by atoms with Crippen molar-refractivity contribution in [1.29, 1.82) is 0 Å². The highest BCUT2D eigenvalue weighted by Crippen LogP contribution is 2.25. The lowest BCUT2D eigenvalue weighted by Gasteiger charge is -2.25. The van der Waals surface area contributed by atoms with Crippen LogP contribution in [0.2, 0.25) is 0 Å². The van der Waals surface area contributed by atoms with Crippen LogP contribution >= 0.6 is 0 Å². The topological polar surface area (TPSA) is 49.4 Å². The second-order valence-corrected chi connectivity index (χ2v) is 6.36. The molecule has 0 aromatic heterocycles. The first-order valence-electron chi connectivity index (χ1n) is 8.58. The molecule has 0 bridgehead atoms. The molecular formula is C21H26N2O2. The number of nitrogens with zero attached hydrogens (tertiary/aromatic N) is 1. The fourth-order valence-electron chi connectivity index (χ4n) is 3.01. The Hall–Kier alpha value is -2.62. The molecule has 0 saturated heterocycles. The van der Waals surface area contributed by atoms with Gasteiger partial charge in [0.05, 0.1) is 6.04 Å². The summed E-state index contributed by atoms with van der Waals surface area (Å²) in [6.07, 6.45) is 0.268. The van der Waals surface area contributed by atoms with Crippen molar-refractivity contribution in [1.82, 2.24) is 5.32 Å². The smallest absolute Gasteiger partial charge is 0.223 e. The van der Waals surface area contributed by atoms with Crippen LogP contribution in [-0.2, 0) is 9.59 Å². The third-order valence-electron chi connectivity index (χ3n) is 4.33. The Morgan fingerprint density at radius 3 is 2.16 bits per heavy atom. The van der Waals surface area contributed by atoms with E-state index in [1.807, 2.05) is 69.3 Å². The zero-order chi connectivity index (χ0) is 18.4. The second kappa shape index (κ2) is 8.47. The van der Waals surface area contributed by atoms with Gasteiger partial charge in [-0.25, -0.2) is 0 Å². The molecule has 0 saturated carbocycles. The van der Waals surface area contributed by atoms with E-state index in [9.17, 15) is 9.59 Å². The predicted octanol–water partition coefficient (Wildman–Crippen LogP) is 3.92. The minimum Gasteiger partial charge on any atom is -0.350 e. The van der Waals surface area contributed by atoms with E-state index in [0.29, 0.717) is 6.54 Å². The highest BCUT2D eigenvalue weighted by Gasteiger charge is 2.18. The summed E-state index contributed by atoms with van der Waals surface area (Å²) in [4.78, 5) is 26.1. The molecular weight excluding hydrogens is 312 g/mol. The quantitative estimate of drug-likeness (QED) is 0.868. The summed E-state index contributed by atoms with van der Waals surface area (Å²) < 4.78 is 0. The molecule has 0 fully saturated rings. The van der Waals surface area contributed by atoms with Gasteiger partial charge in [-0.1, -0.05) is 48.5 Å². The van der Waals surface area contributed by atoms with Crippen LogP contribution in [0.5, 0.6) is 0 Å². The SMILES string of the molecule is CC(=O)N(CCC(=O)NC(C)c1ccccc1)c1c(C)cccc1C. The number of hydrogen-bond acceptors (Lipinski definition) is 2. The molecule has 0 heterocycles. The molecule has 2 aromatic rings. The number of aryl methyl sites for hydroxylation is 2. The molecule has 2 rings (SSSR count). The second-order valence-electron chi connectivity index (χ2n) is 6.36. The maximum absolute atomic E-state index is 12.3. The summed E-state index contributed by atoms with van der Waals surface area (Å²) in [6.45, 7) is 7.83. The average molecular weight is 338 g/mol. The molecule has 1 unspecified atom stereocenters. The Labute approximate surface area is 149 Å². The van der Waals surface area contributed by atoms with Gasteiger partial charge in [0.25, 0.3) is 0 Å². The van der Waals surface area contributed by atoms with Crippen molar-refractivity contribution < 1.29 is 9.59 Å². The van der Waals surface area contributed by atoms with E-state index < -0.39 is 0 Å². The van der Waals surface area contributed by atoms with Gasteiger partial charge < -0.3 is 10.2 Å². The first-order chi connectivity index (χ1) is 11.9. The molecule has 1 N–H and O–H groups in total. The van der Waals surface area contributed by atoms with Gasteiger partial charge in [-0.05, 0) is 37.5 Å². The number of amides is 2. The molecule has 1 atom stereocenters. The van der Waals surface area contributed by atoms with E-state index in [1.54, 1.807) is 4.90 Å². The average Bonchev–Trinajstić information content (AvgIpc) is 2.57. The fourth-order valence-corrected chi connectivity index (χ4v) is 3.01. The molecule has 132 valence electrons. The molecule has 2 aromatic carbocycles. The van der Waals surface area contributed by atoms with Gasteiger partial charge in [-0.3, -0.25) is 9.59 Å². The summed E-state index contributed by atoms with van der Waals surface area (Å²) in [7, 11) is 0. The maximum Gasteiger partial charge on any atom is 0.223 e. The van der Waals surface area contributed by atoms with Crippen LogP contribution in [-0.4, -0.2) is 18.4 Å². The number of carbonyl (C=O) groups is 2. The molecule has 0 spiro atoms. The molecule has 0 aliphatic heterocycles. The zero-order valence-corrected chi connectivity index (χ0v) is 15.4. The maximum atomic E-state index is 12.3. The number of para-hydroxylation sites is 1. The van der Waals surface area contributed by atoms with Crippen LogP contribution < -0.4 is 10.2 Å². The molecule has 4 heteroatoms. The van der Waals surface area contributed by atoms with Gasteiger partial charge in [0.15, 0.2) is 0 Å². The Kier molecular flexibility index (Phi) is 6.34. The van der Waals surface area contributed by atoms with E-state index in [1.165, 1.54) is 6.92 Å². The van der Waals surface area contributed by atoms with Gasteiger partial charge in [0.1, 0.15) is 0 Å². The minimum absolute atomic E-state index is 0.0543. The lowest BCUT2D eigenvalue weighted by atomic mass is 10.1. The number of nitrogens with one attached hydrogen (secondary N) is 1. The summed E-state index contributed by atoms with van der Waals surface area (Å²) in [5.74, 6) is -0.116. The van der Waals surface area contributed by atoms with E-state index in [2.05, 4.69) is 5.32 Å². The summed E-state index contributed by atoms with van der Waals surface area (Å²) >= 11 is 0. The van der Waals surface area contributed by atoms with Crippen LogP contribution in [0.15, 0.2) is 48.5 Å². The van der Waals surface area contributed by atoms with E-state index in [4.69, 9.17) is 0 Å². The van der Waals surface area contributed by atoms with Crippen LogP contribution in [0, 0.1) is 13.8 Å². The minimum atomic E-state index is -0.0613. The zero-order valence-electron chi connectivity index (χ0n) is 15.4. The first-order valence-corrected chi connectivity index (χ1v) is 8.58. The van der Waals surface area contributed by atoms with E-state index in [-0.39, 0.29) is 24.3 Å². The summed E-state index contributed by atoms with van der Waals surface area (Å²) in [5, 5.41) is 2.99. The number of benzene rings is 2. The summed E-state index contributed by atoms with van der Waals surface area (Å²) in [5.41, 5.74) is 4.04. The number of hydrogen-bond donors (Lipinski definition) is 1. The van der Waals surface area contributed by atoms with E-state index >= 15 is 0 Å². The fraction of sp³-hybridized carbons (Fsp3) is 0.333. The monoisotopic (exact) mass is 338 g/mol. The van der Waals surface area contributed by atoms with Crippen molar-refractivity contribution in [3.63, 3.8) is 0 Å². The lowest BCUT2D eigenvalue weighted by Crippen LogP contribution is -2.35. The normalized spacial score (nSPS) is 11.7. The molecule has 25 heavy (non-hydrogen) atoms. The Morgan fingerprint density at radius 1 is 1.00 bits per heavy atom. The van der Waals surface area contributed by atoms with E-state index in [0.717, 1.165) is 22.4 Å². The highest BCUT2D eigenvalue weighted by atomic mass is 16.2. The Balaban J connectivity index is 2.02. The van der Waals surface area contributed by atoms with Crippen LogP contribution in [0.3, 0.4) is 0 Å². The van der Waals surface area contributed by atoms with Gasteiger partial charge in [-0.2, -0.15) is 0 Å². The number of carbonyl (C=O) groups excluding carboxylic acids is 2. The number of rotatable bonds is 6.